The van der Waals surface area contributed by atoms with Gasteiger partial charge in [-0.2, -0.15) is 5.26 Å². The highest BCUT2D eigenvalue weighted by molar-refractivity contribution is 6.36. The highest BCUT2D eigenvalue weighted by atomic mass is 16.2. The molecule has 1 aliphatic heterocycles. The minimum absolute atomic E-state index is 0.130. The topological polar surface area (TPSA) is 82.0 Å². The van der Waals surface area contributed by atoms with Crippen LogP contribution in [0.1, 0.15) is 11.1 Å². The number of hydrogen-bond acceptors (Lipinski definition) is 3. The first-order valence-electron chi connectivity index (χ1n) is 7.58. The molecule has 3 rings (SSSR count). The van der Waals surface area contributed by atoms with E-state index in [1.165, 1.54) is 0 Å². The second kappa shape index (κ2) is 6.80. The maximum atomic E-state index is 12.3. The van der Waals surface area contributed by atoms with Crippen LogP contribution >= 0.6 is 0 Å². The number of benzene rings is 2. The van der Waals surface area contributed by atoms with Crippen LogP contribution in [-0.2, 0) is 16.0 Å². The lowest BCUT2D eigenvalue weighted by molar-refractivity contribution is -0.117. The Bertz CT molecular complexity index is 864. The number of hydrogen-bond donors (Lipinski definition) is 2. The van der Waals surface area contributed by atoms with E-state index in [1.807, 2.05) is 36.4 Å². The number of nitriles is 1. The van der Waals surface area contributed by atoms with Crippen molar-refractivity contribution in [3.63, 3.8) is 0 Å². The number of anilines is 1. The third-order valence-corrected chi connectivity index (χ3v) is 3.80. The number of amides is 2. The number of nitrogens with zero attached hydrogens (tertiary/aromatic N) is 1. The Labute approximate surface area is 139 Å². The van der Waals surface area contributed by atoms with Gasteiger partial charge in [-0.1, -0.05) is 48.5 Å². The van der Waals surface area contributed by atoms with E-state index in [-0.39, 0.29) is 11.1 Å². The van der Waals surface area contributed by atoms with Gasteiger partial charge in [-0.25, -0.2) is 0 Å². The number of carbonyl (C=O) groups is 2. The zero-order valence-corrected chi connectivity index (χ0v) is 12.9. The summed E-state index contributed by atoms with van der Waals surface area (Å²) in [6.45, 7) is 0.393. The van der Waals surface area contributed by atoms with Crippen molar-refractivity contribution in [2.45, 2.75) is 6.42 Å². The fourth-order valence-corrected chi connectivity index (χ4v) is 2.64. The van der Waals surface area contributed by atoms with E-state index < -0.39 is 11.8 Å². The standard InChI is InChI=1S/C19H15N3O2/c20-12-15(17-14-8-4-5-9-16(14)22-19(17)24)18(23)21-11-10-13-6-2-1-3-7-13/h1-9H,10-11H2,(H,21,23)(H,22,24)/b17-15-. The molecule has 0 aliphatic carbocycles. The van der Waals surface area contributed by atoms with Gasteiger partial charge in [0.2, 0.25) is 0 Å². The summed E-state index contributed by atoms with van der Waals surface area (Å²) in [6.07, 6.45) is 0.656. The summed E-state index contributed by atoms with van der Waals surface area (Å²) in [7, 11) is 0. The Balaban J connectivity index is 1.78. The average molecular weight is 317 g/mol. The lowest BCUT2D eigenvalue weighted by atomic mass is 10.0. The average Bonchev–Trinajstić information content (AvgIpc) is 2.93. The van der Waals surface area contributed by atoms with Crippen LogP contribution in [0.2, 0.25) is 0 Å². The second-order valence-electron chi connectivity index (χ2n) is 5.35. The first kappa shape index (κ1) is 15.5. The molecular weight excluding hydrogens is 302 g/mol. The van der Waals surface area contributed by atoms with E-state index in [0.717, 1.165) is 5.56 Å². The summed E-state index contributed by atoms with van der Waals surface area (Å²) in [5, 5.41) is 14.8. The van der Waals surface area contributed by atoms with Gasteiger partial charge in [0.1, 0.15) is 11.6 Å². The Morgan fingerprint density at radius 3 is 2.54 bits per heavy atom. The molecule has 0 saturated heterocycles. The van der Waals surface area contributed by atoms with E-state index in [2.05, 4.69) is 10.6 Å². The van der Waals surface area contributed by atoms with Crippen LogP contribution in [-0.4, -0.2) is 18.4 Å². The Morgan fingerprint density at radius 2 is 1.79 bits per heavy atom. The van der Waals surface area contributed by atoms with Crippen molar-refractivity contribution in [1.29, 1.82) is 5.26 Å². The zero-order valence-electron chi connectivity index (χ0n) is 12.9. The maximum absolute atomic E-state index is 12.3. The minimum atomic E-state index is -0.532. The minimum Gasteiger partial charge on any atom is -0.351 e. The van der Waals surface area contributed by atoms with Crippen LogP contribution in [0.5, 0.6) is 0 Å². The quantitative estimate of drug-likeness (QED) is 0.670. The zero-order chi connectivity index (χ0) is 16.9. The molecule has 0 unspecified atom stereocenters. The van der Waals surface area contributed by atoms with Gasteiger partial charge in [-0.3, -0.25) is 9.59 Å². The van der Waals surface area contributed by atoms with Crippen molar-refractivity contribution in [3.8, 4) is 6.07 Å². The maximum Gasteiger partial charge on any atom is 0.262 e. The van der Waals surface area contributed by atoms with Gasteiger partial charge in [0.05, 0.1) is 5.57 Å². The molecule has 0 radical (unpaired) electrons. The third kappa shape index (κ3) is 3.03. The van der Waals surface area contributed by atoms with Crippen molar-refractivity contribution in [1.82, 2.24) is 5.32 Å². The molecular formula is C19H15N3O2. The lowest BCUT2D eigenvalue weighted by Gasteiger charge is -2.06. The van der Waals surface area contributed by atoms with Crippen LogP contribution in [0.25, 0.3) is 5.57 Å². The normalized spacial score (nSPS) is 14.4. The Morgan fingerprint density at radius 1 is 1.08 bits per heavy atom. The molecule has 0 fully saturated rings. The molecule has 2 amide bonds. The van der Waals surface area contributed by atoms with Crippen LogP contribution in [0.4, 0.5) is 5.69 Å². The smallest absolute Gasteiger partial charge is 0.262 e. The van der Waals surface area contributed by atoms with Crippen LogP contribution < -0.4 is 10.6 Å². The van der Waals surface area contributed by atoms with Gasteiger partial charge in [-0.05, 0) is 18.1 Å². The molecule has 1 aliphatic rings. The number of para-hydroxylation sites is 1. The second-order valence-corrected chi connectivity index (χ2v) is 5.35. The SMILES string of the molecule is N#C/C(C(=O)NCCc1ccccc1)=C1/C(=O)Nc2ccccc21. The first-order chi connectivity index (χ1) is 11.7. The van der Waals surface area contributed by atoms with E-state index >= 15 is 0 Å². The highest BCUT2D eigenvalue weighted by Crippen LogP contribution is 2.33. The molecule has 24 heavy (non-hydrogen) atoms. The predicted molar refractivity (Wildman–Crippen MR) is 90.8 cm³/mol. The molecule has 0 aromatic heterocycles. The summed E-state index contributed by atoms with van der Waals surface area (Å²) in [5.74, 6) is -0.957. The van der Waals surface area contributed by atoms with Crippen molar-refractivity contribution in [2.75, 3.05) is 11.9 Å². The molecule has 0 spiro atoms. The number of rotatable bonds is 4. The Kier molecular flexibility index (Phi) is 4.39. The molecule has 1 heterocycles. The fourth-order valence-electron chi connectivity index (χ4n) is 2.64. The van der Waals surface area contributed by atoms with Crippen molar-refractivity contribution >= 4 is 23.1 Å². The fraction of sp³-hybridized carbons (Fsp3) is 0.105. The lowest BCUT2D eigenvalue weighted by Crippen LogP contribution is -2.28. The molecule has 0 saturated carbocycles. The van der Waals surface area contributed by atoms with Crippen LogP contribution in [0.15, 0.2) is 60.2 Å². The third-order valence-electron chi connectivity index (χ3n) is 3.80. The van der Waals surface area contributed by atoms with Gasteiger partial charge in [0.25, 0.3) is 11.8 Å². The monoisotopic (exact) mass is 317 g/mol. The molecule has 5 nitrogen and oxygen atoms in total. The van der Waals surface area contributed by atoms with Crippen LogP contribution in [0, 0.1) is 11.3 Å². The molecule has 0 bridgehead atoms. The van der Waals surface area contributed by atoms with Gasteiger partial charge < -0.3 is 10.6 Å². The summed E-state index contributed by atoms with van der Waals surface area (Å²) in [4.78, 5) is 24.5. The van der Waals surface area contributed by atoms with E-state index in [9.17, 15) is 14.9 Å². The number of carbonyl (C=O) groups excluding carboxylic acids is 2. The largest absolute Gasteiger partial charge is 0.351 e. The predicted octanol–water partition coefficient (Wildman–Crippen LogP) is 2.27. The molecule has 0 atom stereocenters. The first-order valence-corrected chi connectivity index (χ1v) is 7.58. The number of fused-ring (bicyclic) bond motifs is 1. The highest BCUT2D eigenvalue weighted by Gasteiger charge is 2.29. The summed E-state index contributed by atoms with van der Waals surface area (Å²) >= 11 is 0. The number of nitrogens with one attached hydrogen (secondary N) is 2. The van der Waals surface area contributed by atoms with Crippen molar-refractivity contribution < 1.29 is 9.59 Å². The van der Waals surface area contributed by atoms with Gasteiger partial charge in [-0.15, -0.1) is 0 Å². The van der Waals surface area contributed by atoms with Crippen molar-refractivity contribution in [2.24, 2.45) is 0 Å². The molecule has 2 aromatic carbocycles. The van der Waals surface area contributed by atoms with Crippen LogP contribution in [0.3, 0.4) is 0 Å². The summed E-state index contributed by atoms with van der Waals surface area (Å²) < 4.78 is 0. The van der Waals surface area contributed by atoms with Crippen molar-refractivity contribution in [3.05, 3.63) is 71.3 Å². The molecule has 5 heteroatoms. The summed E-state index contributed by atoms with van der Waals surface area (Å²) in [6, 6.07) is 18.6. The molecule has 2 N–H and O–H groups in total. The van der Waals surface area contributed by atoms with Gasteiger partial charge >= 0.3 is 0 Å². The van der Waals surface area contributed by atoms with E-state index in [1.54, 1.807) is 24.3 Å². The van der Waals surface area contributed by atoms with Gasteiger partial charge in [0, 0.05) is 17.8 Å². The molecule has 2 aromatic rings. The van der Waals surface area contributed by atoms with E-state index in [4.69, 9.17) is 0 Å². The van der Waals surface area contributed by atoms with Gasteiger partial charge in [0.15, 0.2) is 0 Å². The summed E-state index contributed by atoms with van der Waals surface area (Å²) in [5.41, 5.74) is 2.25. The molecule has 118 valence electrons. The van der Waals surface area contributed by atoms with E-state index in [0.29, 0.717) is 24.2 Å². The Hall–Kier alpha value is -3.39.